The molecular weight excluding hydrogens is 582 g/mol. The SMILES string of the molecule is CCOc1cc(C2C(C(=O)Nc3ccc(C)cc3)=C(C)Nc3ncnn32)cc(Br)c1OCc1ccc(Cl)cc1. The molecule has 0 saturated carbocycles. The van der Waals surface area contributed by atoms with Crippen molar-refractivity contribution in [2.45, 2.75) is 33.4 Å². The van der Waals surface area contributed by atoms with Gasteiger partial charge in [-0.25, -0.2) is 4.68 Å². The molecule has 3 aromatic carbocycles. The quantitative estimate of drug-likeness (QED) is 0.226. The molecule has 8 nitrogen and oxygen atoms in total. The van der Waals surface area contributed by atoms with Gasteiger partial charge in [-0.1, -0.05) is 41.4 Å². The number of allylic oxidation sites excluding steroid dienone is 1. The normalized spacial score (nSPS) is 14.4. The molecule has 0 fully saturated rings. The van der Waals surface area contributed by atoms with E-state index in [1.54, 1.807) is 4.68 Å². The summed E-state index contributed by atoms with van der Waals surface area (Å²) in [7, 11) is 0. The third-order valence-electron chi connectivity index (χ3n) is 6.29. The molecule has 0 spiro atoms. The fourth-order valence-electron chi connectivity index (χ4n) is 4.41. The summed E-state index contributed by atoms with van der Waals surface area (Å²) in [5.41, 5.74) is 4.76. The van der Waals surface area contributed by atoms with Gasteiger partial charge in [0.2, 0.25) is 5.95 Å². The third kappa shape index (κ3) is 5.79. The molecule has 1 atom stereocenters. The lowest BCUT2D eigenvalue weighted by Gasteiger charge is -2.29. The predicted molar refractivity (Wildman–Crippen MR) is 155 cm³/mol. The number of carbonyl (C=O) groups excluding carboxylic acids is 1. The Morgan fingerprint density at radius 1 is 1.10 bits per heavy atom. The Labute approximate surface area is 240 Å². The summed E-state index contributed by atoms with van der Waals surface area (Å²) in [5, 5.41) is 11.3. The minimum Gasteiger partial charge on any atom is -0.490 e. The van der Waals surface area contributed by atoms with Gasteiger partial charge in [0.1, 0.15) is 19.0 Å². The number of anilines is 2. The predicted octanol–water partition coefficient (Wildman–Crippen LogP) is 6.91. The topological polar surface area (TPSA) is 90.3 Å². The average Bonchev–Trinajstić information content (AvgIpc) is 3.37. The molecule has 10 heteroatoms. The van der Waals surface area contributed by atoms with E-state index in [0.717, 1.165) is 16.7 Å². The van der Waals surface area contributed by atoms with E-state index in [4.69, 9.17) is 21.1 Å². The van der Waals surface area contributed by atoms with Crippen LogP contribution in [0.2, 0.25) is 5.02 Å². The van der Waals surface area contributed by atoms with Crippen molar-refractivity contribution >= 4 is 45.1 Å². The van der Waals surface area contributed by atoms with E-state index in [9.17, 15) is 4.79 Å². The number of carbonyl (C=O) groups is 1. The van der Waals surface area contributed by atoms with E-state index in [1.165, 1.54) is 6.33 Å². The minimum atomic E-state index is -0.560. The highest BCUT2D eigenvalue weighted by Crippen LogP contribution is 2.43. The first kappa shape index (κ1) is 26.8. The highest BCUT2D eigenvalue weighted by molar-refractivity contribution is 9.10. The molecule has 0 saturated heterocycles. The van der Waals surface area contributed by atoms with Crippen LogP contribution in [0.3, 0.4) is 0 Å². The third-order valence-corrected chi connectivity index (χ3v) is 7.13. The zero-order valence-electron chi connectivity index (χ0n) is 21.7. The summed E-state index contributed by atoms with van der Waals surface area (Å²) in [5.74, 6) is 1.41. The first-order chi connectivity index (χ1) is 18.8. The number of benzene rings is 3. The molecule has 0 radical (unpaired) electrons. The van der Waals surface area contributed by atoms with Crippen molar-refractivity contribution in [3.05, 3.63) is 104 Å². The van der Waals surface area contributed by atoms with Crippen molar-refractivity contribution in [3.63, 3.8) is 0 Å². The number of rotatable bonds is 8. The summed E-state index contributed by atoms with van der Waals surface area (Å²) in [6.07, 6.45) is 1.46. The van der Waals surface area contributed by atoms with Crippen LogP contribution in [0.5, 0.6) is 11.5 Å². The number of aryl methyl sites for hydroxylation is 1. The van der Waals surface area contributed by atoms with Crippen LogP contribution < -0.4 is 20.1 Å². The fraction of sp³-hybridized carbons (Fsp3) is 0.207. The smallest absolute Gasteiger partial charge is 0.255 e. The molecular formula is C29H27BrClN5O3. The van der Waals surface area contributed by atoms with Gasteiger partial charge in [-0.15, -0.1) is 0 Å². The Kier molecular flexibility index (Phi) is 7.90. The molecule has 5 rings (SSSR count). The molecule has 1 amide bonds. The highest BCUT2D eigenvalue weighted by Gasteiger charge is 2.34. The van der Waals surface area contributed by atoms with E-state index < -0.39 is 6.04 Å². The first-order valence-corrected chi connectivity index (χ1v) is 13.6. The van der Waals surface area contributed by atoms with Crippen LogP contribution in [-0.4, -0.2) is 27.3 Å². The van der Waals surface area contributed by atoms with Gasteiger partial charge in [0.15, 0.2) is 11.5 Å². The van der Waals surface area contributed by atoms with Crippen LogP contribution in [0, 0.1) is 6.92 Å². The van der Waals surface area contributed by atoms with E-state index in [1.807, 2.05) is 81.4 Å². The van der Waals surface area contributed by atoms with Gasteiger partial charge in [-0.2, -0.15) is 10.1 Å². The lowest BCUT2D eigenvalue weighted by Crippen LogP contribution is -2.31. The largest absolute Gasteiger partial charge is 0.490 e. The number of ether oxygens (including phenoxy) is 2. The first-order valence-electron chi connectivity index (χ1n) is 12.4. The van der Waals surface area contributed by atoms with Gasteiger partial charge in [0.05, 0.1) is 16.7 Å². The van der Waals surface area contributed by atoms with E-state index in [-0.39, 0.29) is 5.91 Å². The van der Waals surface area contributed by atoms with Crippen LogP contribution in [0.15, 0.2) is 82.7 Å². The number of hydrogen-bond acceptors (Lipinski definition) is 6. The molecule has 1 aliphatic heterocycles. The Balaban J connectivity index is 1.52. The molecule has 4 aromatic rings. The molecule has 2 N–H and O–H groups in total. The van der Waals surface area contributed by atoms with Crippen LogP contribution in [0.4, 0.5) is 11.6 Å². The molecule has 1 aliphatic rings. The van der Waals surface area contributed by atoms with Crippen molar-refractivity contribution in [3.8, 4) is 11.5 Å². The number of halogens is 2. The molecule has 2 heterocycles. The van der Waals surface area contributed by atoms with Crippen molar-refractivity contribution < 1.29 is 14.3 Å². The maximum atomic E-state index is 13.7. The Morgan fingerprint density at radius 3 is 2.56 bits per heavy atom. The molecule has 1 aromatic heterocycles. The number of nitrogens with one attached hydrogen (secondary N) is 2. The fourth-order valence-corrected chi connectivity index (χ4v) is 5.11. The van der Waals surface area contributed by atoms with Crippen molar-refractivity contribution in [1.82, 2.24) is 14.8 Å². The van der Waals surface area contributed by atoms with E-state index in [2.05, 4.69) is 36.6 Å². The van der Waals surface area contributed by atoms with Gasteiger partial charge in [-0.3, -0.25) is 4.79 Å². The zero-order valence-corrected chi connectivity index (χ0v) is 24.0. The lowest BCUT2D eigenvalue weighted by atomic mass is 9.94. The van der Waals surface area contributed by atoms with E-state index >= 15 is 0 Å². The maximum absolute atomic E-state index is 13.7. The monoisotopic (exact) mass is 607 g/mol. The zero-order chi connectivity index (χ0) is 27.5. The highest BCUT2D eigenvalue weighted by atomic mass is 79.9. The van der Waals surface area contributed by atoms with Gasteiger partial charge < -0.3 is 20.1 Å². The van der Waals surface area contributed by atoms with E-state index in [0.29, 0.717) is 57.1 Å². The summed E-state index contributed by atoms with van der Waals surface area (Å²) >= 11 is 9.70. The van der Waals surface area contributed by atoms with Crippen LogP contribution >= 0.6 is 27.5 Å². The number of nitrogens with zero attached hydrogens (tertiary/aromatic N) is 3. The van der Waals surface area contributed by atoms with Gasteiger partial charge >= 0.3 is 0 Å². The second-order valence-electron chi connectivity index (χ2n) is 9.09. The maximum Gasteiger partial charge on any atom is 0.255 e. The Morgan fingerprint density at radius 2 is 1.85 bits per heavy atom. The standard InChI is InChI=1S/C29H27BrClN5O3/c1-4-38-24-14-20(13-23(30)27(24)39-15-19-7-9-21(31)10-8-19)26-25(18(3)34-29-32-16-33-36(26)29)28(37)35-22-11-5-17(2)6-12-22/h5-14,16,26H,4,15H2,1-3H3,(H,35,37)(H,32,33,34). The number of hydrogen-bond donors (Lipinski definition) is 2. The minimum absolute atomic E-state index is 0.243. The Hall–Kier alpha value is -3.82. The second-order valence-corrected chi connectivity index (χ2v) is 10.4. The molecule has 200 valence electrons. The molecule has 39 heavy (non-hydrogen) atoms. The molecule has 1 unspecified atom stereocenters. The number of amides is 1. The van der Waals surface area contributed by atoms with Gasteiger partial charge in [0.25, 0.3) is 5.91 Å². The van der Waals surface area contributed by atoms with Crippen LogP contribution in [-0.2, 0) is 11.4 Å². The second kappa shape index (κ2) is 11.5. The van der Waals surface area contributed by atoms with Crippen molar-refractivity contribution in [2.75, 3.05) is 17.2 Å². The molecule has 0 aliphatic carbocycles. The van der Waals surface area contributed by atoms with Crippen molar-refractivity contribution in [2.24, 2.45) is 0 Å². The van der Waals surface area contributed by atoms with Crippen molar-refractivity contribution in [1.29, 1.82) is 0 Å². The summed E-state index contributed by atoms with van der Waals surface area (Å²) in [4.78, 5) is 18.0. The van der Waals surface area contributed by atoms with Crippen LogP contribution in [0.25, 0.3) is 0 Å². The van der Waals surface area contributed by atoms with Gasteiger partial charge in [0, 0.05) is 16.4 Å². The lowest BCUT2D eigenvalue weighted by molar-refractivity contribution is -0.113. The summed E-state index contributed by atoms with van der Waals surface area (Å²) < 4.78 is 14.6. The number of fused-ring (bicyclic) bond motifs is 1. The number of aromatic nitrogens is 3. The molecule has 0 bridgehead atoms. The Bertz CT molecular complexity index is 1530. The summed E-state index contributed by atoms with van der Waals surface area (Å²) in [6.45, 7) is 6.54. The summed E-state index contributed by atoms with van der Waals surface area (Å²) in [6, 6.07) is 18.4. The average molecular weight is 609 g/mol. The van der Waals surface area contributed by atoms with Gasteiger partial charge in [-0.05, 0) is 84.2 Å². The van der Waals surface area contributed by atoms with Crippen LogP contribution in [0.1, 0.15) is 36.6 Å².